The largest absolute Gasteiger partial charge is 0.382 e. The van der Waals surface area contributed by atoms with Gasteiger partial charge in [0.25, 0.3) is 0 Å². The summed E-state index contributed by atoms with van der Waals surface area (Å²) in [5.74, 6) is 2.01. The van der Waals surface area contributed by atoms with Crippen LogP contribution >= 0.6 is 15.9 Å². The van der Waals surface area contributed by atoms with E-state index in [1.165, 1.54) is 38.0 Å². The third-order valence-corrected chi connectivity index (χ3v) is 28.8. The van der Waals surface area contributed by atoms with Crippen molar-refractivity contribution in [1.29, 1.82) is 0 Å². The van der Waals surface area contributed by atoms with Crippen LogP contribution in [0.25, 0.3) is 67.0 Å². The molecule has 12 saturated heterocycles. The van der Waals surface area contributed by atoms with Crippen LogP contribution in [0.15, 0.2) is 74.3 Å². The van der Waals surface area contributed by atoms with Gasteiger partial charge in [0.1, 0.15) is 172 Å². The van der Waals surface area contributed by atoms with Crippen molar-refractivity contribution in [3.05, 3.63) is 74.3 Å². The second-order valence-corrected chi connectivity index (χ2v) is 36.9. The summed E-state index contributed by atoms with van der Waals surface area (Å²) in [5.41, 5.74) is 39.0. The highest BCUT2D eigenvalue weighted by atomic mass is 79.9. The maximum Gasteiger partial charge on any atom is 0.181 e. The molecule has 24 heterocycles. The fourth-order valence-electron chi connectivity index (χ4n) is 22.0. The van der Waals surface area contributed by atoms with Crippen molar-refractivity contribution in [1.82, 2.24) is 117 Å². The number of rotatable bonds is 24. The molecule has 24 atom stereocenters. The van der Waals surface area contributed by atoms with Gasteiger partial charge >= 0.3 is 0 Å². The predicted octanol–water partition coefficient (Wildman–Crippen LogP) is 2.69. The molecule has 2 bridgehead atoms. The maximum absolute atomic E-state index is 6.52. The van der Waals surface area contributed by atoms with Gasteiger partial charge in [0.05, 0.1) is 91.1 Å². The van der Waals surface area contributed by atoms with E-state index < -0.39 is 71.0 Å². The minimum Gasteiger partial charge on any atom is -0.382 e. The molecule has 54 nitrogen and oxygen atoms in total. The lowest BCUT2D eigenvalue weighted by Gasteiger charge is -2.43. The summed E-state index contributed by atoms with van der Waals surface area (Å²) < 4.78 is 152. The summed E-state index contributed by atoms with van der Waals surface area (Å²) in [4.78, 5) is 75.6. The minimum absolute atomic E-state index is 0.181. The molecule has 0 radical (unpaired) electrons. The summed E-state index contributed by atoms with van der Waals surface area (Å²) in [6, 6.07) is 0. The Kier molecular flexibility index (Phi) is 29.7. The summed E-state index contributed by atoms with van der Waals surface area (Å²) in [5, 5.41) is 0. The number of halogens is 1. The number of anilines is 6. The maximum atomic E-state index is 6.52. The Morgan fingerprint density at radius 1 is 0.289 bits per heavy atom. The minimum atomic E-state index is -0.563. The van der Waals surface area contributed by atoms with Crippen molar-refractivity contribution in [3.63, 3.8) is 0 Å². The van der Waals surface area contributed by atoms with Crippen molar-refractivity contribution in [3.8, 4) is 0 Å². The number of nitrogen functional groups attached to an aromatic ring is 6. The lowest BCUT2D eigenvalue weighted by atomic mass is 9.88. The van der Waals surface area contributed by atoms with Crippen LogP contribution in [0.1, 0.15) is 95.2 Å². The van der Waals surface area contributed by atoms with E-state index in [2.05, 4.69) is 106 Å². The molecule has 12 aliphatic heterocycles. The molecule has 12 aromatic rings. The molecule has 0 amide bonds. The van der Waals surface area contributed by atoms with Crippen LogP contribution in [0.2, 0.25) is 0 Å². The van der Waals surface area contributed by atoms with E-state index in [1.807, 2.05) is 22.8 Å². The fraction of sp³-hybridized carbons (Fsp3) is 0.655. The smallest absolute Gasteiger partial charge is 0.181 e. The molecule has 0 aliphatic carbocycles. The Morgan fingerprint density at radius 3 is 0.930 bits per heavy atom. The number of fused-ring (bicyclic) bond motifs is 13. The average molecular weight is 2050 g/mol. The van der Waals surface area contributed by atoms with Gasteiger partial charge in [-0.25, -0.2) is 89.7 Å². The molecule has 12 N–H and O–H groups in total. The zero-order valence-electron chi connectivity index (χ0n) is 80.5. The molecule has 12 aliphatic rings. The summed E-state index contributed by atoms with van der Waals surface area (Å²) in [7, 11) is 19.9. The number of hydrogen-bond donors (Lipinski definition) is 6. The summed E-state index contributed by atoms with van der Waals surface area (Å²) in [6.07, 6.45) is 19.0. The molecule has 6 unspecified atom stereocenters. The molecule has 142 heavy (non-hydrogen) atoms. The van der Waals surface area contributed by atoms with Gasteiger partial charge in [-0.3, -0.25) is 27.4 Å². The van der Waals surface area contributed by atoms with E-state index in [-0.39, 0.29) is 73.2 Å². The Bertz CT molecular complexity index is 6260. The zero-order valence-corrected chi connectivity index (χ0v) is 82.1. The Labute approximate surface area is 820 Å². The van der Waals surface area contributed by atoms with Gasteiger partial charge in [-0.2, -0.15) is 0 Å². The second kappa shape index (κ2) is 42.0. The quantitative estimate of drug-likeness (QED) is 0.0474. The number of methoxy groups -OCH3 is 12. The van der Waals surface area contributed by atoms with E-state index in [0.717, 1.165) is 51.4 Å². The highest BCUT2D eigenvalue weighted by molar-refractivity contribution is 9.10. The third kappa shape index (κ3) is 17.5. The average Bonchev–Trinajstić information content (AvgIpc) is 1.56. The first-order chi connectivity index (χ1) is 69.1. The lowest BCUT2D eigenvalue weighted by molar-refractivity contribution is -0.250. The molecule has 0 spiro atoms. The highest BCUT2D eigenvalue weighted by Gasteiger charge is 2.67. The first-order valence-electron chi connectivity index (χ1n) is 46.3. The molecule has 768 valence electrons. The number of nitrogens with zero attached hydrogens (tertiary/aromatic N) is 24. The highest BCUT2D eigenvalue weighted by Crippen LogP contribution is 2.54. The predicted molar refractivity (Wildman–Crippen MR) is 499 cm³/mol. The van der Waals surface area contributed by atoms with Crippen LogP contribution in [-0.2, 0) is 114 Å². The van der Waals surface area contributed by atoms with Crippen molar-refractivity contribution in [2.75, 3.05) is 199 Å². The van der Waals surface area contributed by atoms with Gasteiger partial charge in [-0.15, -0.1) is 0 Å². The third-order valence-electron chi connectivity index (χ3n) is 28.2. The van der Waals surface area contributed by atoms with Crippen LogP contribution in [0.4, 0.5) is 34.9 Å². The Morgan fingerprint density at radius 2 is 0.570 bits per heavy atom. The molecule has 24 rings (SSSR count). The number of nitrogens with two attached hydrogens (primary N) is 6. The molecule has 0 saturated carbocycles. The number of aromatic nitrogens is 24. The van der Waals surface area contributed by atoms with Gasteiger partial charge in [0, 0.05) is 118 Å². The van der Waals surface area contributed by atoms with Crippen LogP contribution in [-0.4, -0.2) is 389 Å². The van der Waals surface area contributed by atoms with Crippen LogP contribution < -0.4 is 34.4 Å². The number of ether oxygens (including phenoxy) is 24. The van der Waals surface area contributed by atoms with Crippen LogP contribution in [0.3, 0.4) is 0 Å². The Balaban J connectivity index is 0.000000108. The van der Waals surface area contributed by atoms with E-state index in [4.69, 9.17) is 148 Å². The van der Waals surface area contributed by atoms with Gasteiger partial charge < -0.3 is 148 Å². The molecule has 0 aromatic carbocycles. The van der Waals surface area contributed by atoms with E-state index in [0.29, 0.717) is 192 Å². The fourth-order valence-corrected chi connectivity index (χ4v) is 22.6. The molecule has 12 fully saturated rings. The first-order valence-corrected chi connectivity index (χ1v) is 47.1. The second-order valence-electron chi connectivity index (χ2n) is 36.2. The van der Waals surface area contributed by atoms with Crippen LogP contribution in [0, 0.1) is 0 Å². The van der Waals surface area contributed by atoms with Crippen molar-refractivity contribution in [2.24, 2.45) is 0 Å². The summed E-state index contributed by atoms with van der Waals surface area (Å²) >= 11 is 3.49. The topological polar surface area (TPSA) is 639 Å². The first kappa shape index (κ1) is 100. The molecular weight excluding hydrogens is 1930 g/mol. The number of hydrogen-bond acceptors (Lipinski definition) is 48. The van der Waals surface area contributed by atoms with Gasteiger partial charge in [-0.05, 0) is 60.9 Å². The monoisotopic (exact) mass is 2050 g/mol. The van der Waals surface area contributed by atoms with E-state index in [9.17, 15) is 0 Å². The van der Waals surface area contributed by atoms with Crippen molar-refractivity contribution < 1.29 is 114 Å². The van der Waals surface area contributed by atoms with E-state index >= 15 is 0 Å². The van der Waals surface area contributed by atoms with E-state index in [1.54, 1.807) is 122 Å². The SMILES string of the molecule is COC[C@]12CCCCOC1[C@H](OC)[C@H](n1cnc3c(N)ncnc31)O2.COC[C@]12CCCOC1[C@H](OC)[C@H](n1c(Br)nc3c(N)ncnc31)O2.COC[C@]12CCCOC1[C@H](OC)[C@H](n1cnc3c(N)ncnc31)O2.COC[C@]12CCOC1[C@H](OC)[C@H](n1cnc3c(N)ncnc31)O2.COC[C@]12CCO[C@@H](C1OC)[C@H](n1cnc3c(N)ncnc31)O2.COC[C@]12COC1[C@H](OC)[C@H](n1cnc3c(N)ncnc31)O2. The lowest BCUT2D eigenvalue weighted by Crippen LogP contribution is -2.61. The van der Waals surface area contributed by atoms with Crippen LogP contribution in [0.5, 0.6) is 0 Å². The van der Waals surface area contributed by atoms with Gasteiger partial charge in [-0.1, -0.05) is 0 Å². The summed E-state index contributed by atoms with van der Waals surface area (Å²) in [6.45, 7) is 6.37. The van der Waals surface area contributed by atoms with Gasteiger partial charge in [0.15, 0.2) is 116 Å². The van der Waals surface area contributed by atoms with Gasteiger partial charge in [0.2, 0.25) is 0 Å². The molecule has 55 heteroatoms. The van der Waals surface area contributed by atoms with Crippen molar-refractivity contribution in [2.45, 2.75) is 202 Å². The zero-order chi connectivity index (χ0) is 99.2. The Hall–Kier alpha value is -10.4. The number of imidazole rings is 6. The molecular formula is C87H119BrN30O24. The molecule has 12 aromatic heterocycles. The standard InChI is InChI=1S/C16H23N5O4.C15H20BrN5O4.C15H21N5O4.2C14H19N5O4.C13H17N5O4/c1-22-7-16-5-3-4-6-24-12(16)11(23-2)15(25-16)21-9-20-10-13(17)18-8-19-14(10)21;1-22-6-15-4-3-5-24-10(15)9(23-2)13(25-15)21-12-8(20-14(21)16)11(17)18-7-19-12;1-21-6-15-4-3-5-23-11(15)10(22-2)14(24-15)20-8-19-9-12(16)17-7-18-13(9)20;1-20-5-14-3-4-22-9(10(14)21-2)13(23-14)19-7-18-8-11(15)16-6-17-12(8)19;1-20-5-14-3-4-22-10(14)9(21-2)13(23-14)19-7-18-8-11(15)16-6-17-12(8)19;1-19-3-13-4-21-9(13)8(20-2)12(22-13)18-6-17-7-10(14)15-5-16-11(7)18/h8-9,11-12,15H,3-7H2,1-2H3,(H2,17,18,19);7,9-10,13H,3-6H2,1-2H3,(H2,17,18,19);7-8,10-11,14H,3-6H2,1-2H3,(H2,16,17,18);2*6-7,9-10,13H,3-5H2,1-2H3,(H2,15,16,17);5-6,8-9,12H,3-4H2,1-2H3,(H2,14,15,16)/t11-,12?,15+,16+;9-,10?,13+,15+;10-,11?,14+,15+;2*9-,10?,13+,14+;8-,9?,12+,13-/m000000/s1. The normalized spacial score (nSPS) is 33.0. The van der Waals surface area contributed by atoms with Crippen molar-refractivity contribution >= 4 is 118 Å².